The molecule has 1 amide bonds. The molecule has 2 atom stereocenters. The van der Waals surface area contributed by atoms with E-state index in [1.165, 1.54) is 12.6 Å². The molecule has 1 aromatic heterocycles. The molecule has 0 spiro atoms. The number of aromatic nitrogens is 2. The van der Waals surface area contributed by atoms with Crippen LogP contribution in [0.4, 0.5) is 5.82 Å². The number of nitrogens with one attached hydrogen (secondary N) is 2. The summed E-state index contributed by atoms with van der Waals surface area (Å²) in [5, 5.41) is 6.06. The number of amides is 1. The van der Waals surface area contributed by atoms with Crippen molar-refractivity contribution in [3.63, 3.8) is 0 Å². The zero-order valence-corrected chi connectivity index (χ0v) is 10.9. The summed E-state index contributed by atoms with van der Waals surface area (Å²) in [6, 6.07) is 0.294. The molecule has 2 N–H and O–H groups in total. The van der Waals surface area contributed by atoms with Crippen LogP contribution in [0.2, 0.25) is 0 Å². The molecule has 2 rings (SSSR count). The van der Waals surface area contributed by atoms with Gasteiger partial charge in [0.25, 0.3) is 5.91 Å². The average Bonchev–Trinajstić information content (AvgIpc) is 2.76. The number of hydrogen-bond donors (Lipinski definition) is 2. The van der Waals surface area contributed by atoms with E-state index < -0.39 is 0 Å². The zero-order valence-electron chi connectivity index (χ0n) is 10.9. The number of anilines is 1. The molecule has 0 aromatic carbocycles. The molecule has 0 saturated heterocycles. The number of carbonyl (C=O) groups excluding carboxylic acids is 1. The van der Waals surface area contributed by atoms with Gasteiger partial charge in [-0.25, -0.2) is 9.97 Å². The lowest BCUT2D eigenvalue weighted by molar-refractivity contribution is 0.0932. The third kappa shape index (κ3) is 3.18. The fourth-order valence-corrected chi connectivity index (χ4v) is 2.32. The highest BCUT2D eigenvalue weighted by Crippen LogP contribution is 2.24. The Balaban J connectivity index is 1.92. The molecule has 0 aliphatic heterocycles. The van der Waals surface area contributed by atoms with E-state index in [1.807, 2.05) is 6.92 Å². The van der Waals surface area contributed by atoms with Crippen LogP contribution >= 0.6 is 0 Å². The molecule has 0 bridgehead atoms. The molecular formula is C13H20N4O. The second-order valence-corrected chi connectivity index (χ2v) is 4.91. The van der Waals surface area contributed by atoms with E-state index in [0.717, 1.165) is 19.4 Å². The fraction of sp³-hybridized carbons (Fsp3) is 0.615. The Bertz CT molecular complexity index is 404. The first-order valence-corrected chi connectivity index (χ1v) is 6.55. The summed E-state index contributed by atoms with van der Waals surface area (Å²) in [4.78, 5) is 20.2. The van der Waals surface area contributed by atoms with E-state index in [0.29, 0.717) is 23.5 Å². The first-order chi connectivity index (χ1) is 8.69. The Morgan fingerprint density at radius 3 is 2.78 bits per heavy atom. The highest BCUT2D eigenvalue weighted by Gasteiger charge is 2.23. The second-order valence-electron chi connectivity index (χ2n) is 4.91. The van der Waals surface area contributed by atoms with Crippen LogP contribution in [0.1, 0.15) is 43.6 Å². The molecule has 0 radical (unpaired) electrons. The van der Waals surface area contributed by atoms with Gasteiger partial charge in [0.2, 0.25) is 0 Å². The SMILES string of the molecule is CCNc1cnc(C(=O)NC2CCC(C)C2)cn1. The summed E-state index contributed by atoms with van der Waals surface area (Å²) in [5.74, 6) is 1.28. The summed E-state index contributed by atoms with van der Waals surface area (Å²) >= 11 is 0. The van der Waals surface area contributed by atoms with E-state index in [1.54, 1.807) is 6.20 Å². The number of nitrogens with zero attached hydrogens (tertiary/aromatic N) is 2. The van der Waals surface area contributed by atoms with Crippen molar-refractivity contribution in [2.24, 2.45) is 5.92 Å². The van der Waals surface area contributed by atoms with Gasteiger partial charge in [-0.2, -0.15) is 0 Å². The quantitative estimate of drug-likeness (QED) is 0.853. The number of hydrogen-bond acceptors (Lipinski definition) is 4. The maximum absolute atomic E-state index is 11.9. The summed E-state index contributed by atoms with van der Waals surface area (Å²) in [6.07, 6.45) is 6.43. The number of rotatable bonds is 4. The van der Waals surface area contributed by atoms with Crippen molar-refractivity contribution in [3.05, 3.63) is 18.1 Å². The summed E-state index contributed by atoms with van der Waals surface area (Å²) in [6.45, 7) is 5.00. The Morgan fingerprint density at radius 2 is 2.22 bits per heavy atom. The first-order valence-electron chi connectivity index (χ1n) is 6.55. The van der Waals surface area contributed by atoms with Crippen molar-refractivity contribution in [1.82, 2.24) is 15.3 Å². The Hall–Kier alpha value is -1.65. The highest BCUT2D eigenvalue weighted by atomic mass is 16.1. The monoisotopic (exact) mass is 248 g/mol. The molecule has 1 fully saturated rings. The lowest BCUT2D eigenvalue weighted by atomic mass is 10.1. The van der Waals surface area contributed by atoms with Gasteiger partial charge in [-0.05, 0) is 32.1 Å². The van der Waals surface area contributed by atoms with E-state index in [4.69, 9.17) is 0 Å². The van der Waals surface area contributed by atoms with Crippen LogP contribution in [0, 0.1) is 5.92 Å². The molecule has 5 nitrogen and oxygen atoms in total. The van der Waals surface area contributed by atoms with Gasteiger partial charge >= 0.3 is 0 Å². The van der Waals surface area contributed by atoms with Crippen LogP contribution in [0.15, 0.2) is 12.4 Å². The van der Waals surface area contributed by atoms with Crippen molar-refractivity contribution in [1.29, 1.82) is 0 Å². The van der Waals surface area contributed by atoms with Crippen LogP contribution < -0.4 is 10.6 Å². The van der Waals surface area contributed by atoms with Crippen molar-refractivity contribution in [2.45, 2.75) is 39.2 Å². The van der Waals surface area contributed by atoms with E-state index >= 15 is 0 Å². The number of carbonyl (C=O) groups is 1. The standard InChI is InChI=1S/C13H20N4O/c1-3-14-12-8-15-11(7-16-12)13(18)17-10-5-4-9(2)6-10/h7-10H,3-6H2,1-2H3,(H,14,16)(H,17,18). The largest absolute Gasteiger partial charge is 0.369 e. The van der Waals surface area contributed by atoms with Gasteiger partial charge < -0.3 is 10.6 Å². The van der Waals surface area contributed by atoms with Crippen LogP contribution in [0.25, 0.3) is 0 Å². The molecule has 1 aromatic rings. The second kappa shape index (κ2) is 5.80. The minimum absolute atomic E-state index is 0.121. The predicted molar refractivity (Wildman–Crippen MR) is 70.5 cm³/mol. The molecule has 1 heterocycles. The van der Waals surface area contributed by atoms with Gasteiger partial charge in [0.05, 0.1) is 12.4 Å². The van der Waals surface area contributed by atoms with Gasteiger partial charge in [-0.1, -0.05) is 6.92 Å². The summed E-state index contributed by atoms with van der Waals surface area (Å²) in [5.41, 5.74) is 0.385. The van der Waals surface area contributed by atoms with E-state index in [2.05, 4.69) is 27.5 Å². The molecule has 1 aliphatic carbocycles. The molecule has 98 valence electrons. The van der Waals surface area contributed by atoms with Gasteiger partial charge in [0, 0.05) is 12.6 Å². The fourth-order valence-electron chi connectivity index (χ4n) is 2.32. The predicted octanol–water partition coefficient (Wildman–Crippen LogP) is 1.83. The lowest BCUT2D eigenvalue weighted by Gasteiger charge is -2.11. The van der Waals surface area contributed by atoms with Crippen molar-refractivity contribution in [2.75, 3.05) is 11.9 Å². The molecule has 1 saturated carbocycles. The molecule has 2 unspecified atom stereocenters. The third-order valence-corrected chi connectivity index (χ3v) is 3.27. The van der Waals surface area contributed by atoms with Gasteiger partial charge in [0.1, 0.15) is 11.5 Å². The Morgan fingerprint density at radius 1 is 1.39 bits per heavy atom. The smallest absolute Gasteiger partial charge is 0.271 e. The van der Waals surface area contributed by atoms with Crippen molar-refractivity contribution >= 4 is 11.7 Å². The molecule has 5 heteroatoms. The van der Waals surface area contributed by atoms with Crippen LogP contribution in [0.5, 0.6) is 0 Å². The first kappa shape index (κ1) is 12.8. The topological polar surface area (TPSA) is 66.9 Å². The molecule has 1 aliphatic rings. The minimum Gasteiger partial charge on any atom is -0.369 e. The van der Waals surface area contributed by atoms with Gasteiger partial charge in [-0.3, -0.25) is 4.79 Å². The maximum Gasteiger partial charge on any atom is 0.271 e. The highest BCUT2D eigenvalue weighted by molar-refractivity contribution is 5.92. The van der Waals surface area contributed by atoms with Crippen LogP contribution in [0.3, 0.4) is 0 Å². The zero-order chi connectivity index (χ0) is 13.0. The maximum atomic E-state index is 11.9. The average molecular weight is 248 g/mol. The minimum atomic E-state index is -0.121. The Kier molecular flexibility index (Phi) is 4.12. The Labute approximate surface area is 107 Å². The van der Waals surface area contributed by atoms with Crippen LogP contribution in [-0.2, 0) is 0 Å². The van der Waals surface area contributed by atoms with E-state index in [9.17, 15) is 4.79 Å². The normalized spacial score (nSPS) is 22.8. The van der Waals surface area contributed by atoms with Crippen LogP contribution in [-0.4, -0.2) is 28.5 Å². The molecular weight excluding hydrogens is 228 g/mol. The van der Waals surface area contributed by atoms with Crippen molar-refractivity contribution in [3.8, 4) is 0 Å². The third-order valence-electron chi connectivity index (χ3n) is 3.27. The van der Waals surface area contributed by atoms with Crippen molar-refractivity contribution < 1.29 is 4.79 Å². The lowest BCUT2D eigenvalue weighted by Crippen LogP contribution is -2.33. The van der Waals surface area contributed by atoms with Gasteiger partial charge in [0.15, 0.2) is 0 Å². The molecule has 18 heavy (non-hydrogen) atoms. The van der Waals surface area contributed by atoms with E-state index in [-0.39, 0.29) is 5.91 Å². The van der Waals surface area contributed by atoms with Gasteiger partial charge in [-0.15, -0.1) is 0 Å². The summed E-state index contributed by atoms with van der Waals surface area (Å²) < 4.78 is 0. The summed E-state index contributed by atoms with van der Waals surface area (Å²) in [7, 11) is 0.